The summed E-state index contributed by atoms with van der Waals surface area (Å²) in [6.45, 7) is 12.2. The van der Waals surface area contributed by atoms with Crippen molar-refractivity contribution >= 4 is 16.6 Å². The van der Waals surface area contributed by atoms with Gasteiger partial charge in [-0.3, -0.25) is 13.9 Å². The zero-order valence-corrected chi connectivity index (χ0v) is 23.0. The van der Waals surface area contributed by atoms with Crippen LogP contribution >= 0.6 is 0 Å². The van der Waals surface area contributed by atoms with E-state index in [9.17, 15) is 9.59 Å². The summed E-state index contributed by atoms with van der Waals surface area (Å²) in [5.74, 6) is 0. The molecule has 1 aliphatic heterocycles. The van der Waals surface area contributed by atoms with Crippen molar-refractivity contribution in [2.75, 3.05) is 0 Å². The second kappa shape index (κ2) is 10.1. The molecule has 0 radical (unpaired) electrons. The van der Waals surface area contributed by atoms with Gasteiger partial charge < -0.3 is 9.88 Å². The lowest BCUT2D eigenvalue weighted by atomic mass is 9.98. The van der Waals surface area contributed by atoms with Gasteiger partial charge in [-0.15, -0.1) is 0 Å². The molecule has 0 aliphatic carbocycles. The van der Waals surface area contributed by atoms with Crippen LogP contribution in [0, 0.1) is 13.8 Å². The van der Waals surface area contributed by atoms with E-state index in [2.05, 4.69) is 61.0 Å². The number of nitrogens with one attached hydrogen (secondary N) is 1. The van der Waals surface area contributed by atoms with Crippen LogP contribution in [-0.4, -0.2) is 13.7 Å². The molecule has 1 unspecified atom stereocenters. The fourth-order valence-electron chi connectivity index (χ4n) is 5.28. The Hall–Kier alpha value is -4.06. The number of allylic oxidation sites excluding steroid dienone is 4. The van der Waals surface area contributed by atoms with Gasteiger partial charge in [0.1, 0.15) is 0 Å². The molecule has 6 heteroatoms. The van der Waals surface area contributed by atoms with Crippen LogP contribution in [0.25, 0.3) is 27.9 Å². The van der Waals surface area contributed by atoms with Gasteiger partial charge in [-0.1, -0.05) is 74.0 Å². The monoisotopic (exact) mass is 496 g/mol. The third-order valence-corrected chi connectivity index (χ3v) is 6.97. The van der Waals surface area contributed by atoms with E-state index >= 15 is 0 Å². The Kier molecular flexibility index (Phi) is 7.12. The van der Waals surface area contributed by atoms with Crippen molar-refractivity contribution in [1.29, 1.82) is 0 Å². The smallest absolute Gasteiger partial charge is 0.331 e. The second-order valence-electron chi connectivity index (χ2n) is 9.32. The standard InChI is InChI=1S/C29H30N4O2.C2H6/c1-7-11-22-19(4)30-24(20-14-10-12-17(2)16-20)27-26-23(28(34)32(6)29(35)31(26)5)25(33(22)27)21-15-9-8-13-18(21)3;1-2/h7-16,24,30H,1-6H3;1-2H3/b11-7-;. The largest absolute Gasteiger partial charge is 0.375 e. The van der Waals surface area contributed by atoms with Crippen molar-refractivity contribution in [3.05, 3.63) is 110 Å². The average molecular weight is 497 g/mol. The maximum absolute atomic E-state index is 13.7. The van der Waals surface area contributed by atoms with E-state index in [0.717, 1.165) is 45.0 Å². The van der Waals surface area contributed by atoms with E-state index in [4.69, 9.17) is 0 Å². The predicted octanol–water partition coefficient (Wildman–Crippen LogP) is 5.81. The zero-order chi connectivity index (χ0) is 27.0. The number of hydrogen-bond donors (Lipinski definition) is 1. The number of hydrogen-bond acceptors (Lipinski definition) is 3. The Morgan fingerprint density at radius 2 is 1.62 bits per heavy atom. The highest BCUT2D eigenvalue weighted by molar-refractivity contribution is 6.00. The van der Waals surface area contributed by atoms with Crippen LogP contribution in [-0.2, 0) is 14.1 Å². The Morgan fingerprint density at radius 3 is 2.27 bits per heavy atom. The fraction of sp³-hybridized carbons (Fsp3) is 0.290. The molecule has 0 amide bonds. The Balaban J connectivity index is 0.00000156. The van der Waals surface area contributed by atoms with Crippen LogP contribution in [0.15, 0.2) is 76.0 Å². The molecule has 2 aromatic carbocycles. The topological polar surface area (TPSA) is 61.0 Å². The third kappa shape index (κ3) is 4.06. The SMILES string of the molecule is C/C=C\C1=C(C)NC(c2cccc(C)c2)c2c3c(c(-c4ccccc4C)n21)c(=O)n(C)c(=O)n3C.CC. The molecule has 6 nitrogen and oxygen atoms in total. The van der Waals surface area contributed by atoms with Crippen molar-refractivity contribution < 1.29 is 0 Å². The number of benzene rings is 2. The molecule has 0 spiro atoms. The van der Waals surface area contributed by atoms with Gasteiger partial charge in [0.15, 0.2) is 0 Å². The first kappa shape index (κ1) is 26.0. The van der Waals surface area contributed by atoms with E-state index < -0.39 is 0 Å². The molecule has 2 aromatic heterocycles. The second-order valence-corrected chi connectivity index (χ2v) is 9.32. The van der Waals surface area contributed by atoms with Gasteiger partial charge in [0.05, 0.1) is 34.0 Å². The molecule has 5 rings (SSSR count). The predicted molar refractivity (Wildman–Crippen MR) is 154 cm³/mol. The summed E-state index contributed by atoms with van der Waals surface area (Å²) in [6, 6.07) is 16.2. The first-order valence-electron chi connectivity index (χ1n) is 12.8. The van der Waals surface area contributed by atoms with Crippen LogP contribution in [0.2, 0.25) is 0 Å². The quantitative estimate of drug-likeness (QED) is 0.390. The van der Waals surface area contributed by atoms with Crippen molar-refractivity contribution in [3.63, 3.8) is 0 Å². The van der Waals surface area contributed by atoms with Crippen LogP contribution in [0.5, 0.6) is 0 Å². The van der Waals surface area contributed by atoms with Gasteiger partial charge in [-0.2, -0.15) is 0 Å². The molecule has 1 atom stereocenters. The molecule has 0 saturated heterocycles. The van der Waals surface area contributed by atoms with Crippen molar-refractivity contribution in [1.82, 2.24) is 19.0 Å². The molecule has 4 aromatic rings. The highest BCUT2D eigenvalue weighted by atomic mass is 16.2. The third-order valence-electron chi connectivity index (χ3n) is 6.97. The Labute approximate surface area is 218 Å². The molecule has 37 heavy (non-hydrogen) atoms. The van der Waals surface area contributed by atoms with Crippen LogP contribution in [0.1, 0.15) is 56.1 Å². The highest BCUT2D eigenvalue weighted by Crippen LogP contribution is 2.43. The summed E-state index contributed by atoms with van der Waals surface area (Å²) in [4.78, 5) is 26.9. The molecular weight excluding hydrogens is 460 g/mol. The lowest BCUT2D eigenvalue weighted by Gasteiger charge is -2.31. The normalized spacial score (nSPS) is 15.0. The van der Waals surface area contributed by atoms with E-state index in [1.807, 2.05) is 51.1 Å². The van der Waals surface area contributed by atoms with Crippen LogP contribution in [0.4, 0.5) is 0 Å². The summed E-state index contributed by atoms with van der Waals surface area (Å²) in [5.41, 5.74) is 7.95. The number of aromatic nitrogens is 3. The molecular formula is C31H36N4O2. The average Bonchev–Trinajstić information content (AvgIpc) is 3.25. The Bertz CT molecular complexity index is 1680. The number of nitrogens with zero attached hydrogens (tertiary/aromatic N) is 3. The molecule has 192 valence electrons. The summed E-state index contributed by atoms with van der Waals surface area (Å²) >= 11 is 0. The van der Waals surface area contributed by atoms with E-state index in [-0.39, 0.29) is 17.3 Å². The van der Waals surface area contributed by atoms with Gasteiger partial charge in [0.2, 0.25) is 0 Å². The van der Waals surface area contributed by atoms with Crippen molar-refractivity contribution in [3.8, 4) is 11.3 Å². The van der Waals surface area contributed by atoms with Gasteiger partial charge in [0.25, 0.3) is 5.56 Å². The summed E-state index contributed by atoms with van der Waals surface area (Å²) in [5, 5.41) is 4.24. The maximum atomic E-state index is 13.7. The van der Waals surface area contributed by atoms with Gasteiger partial charge in [-0.25, -0.2) is 4.79 Å². The molecule has 1 aliphatic rings. The van der Waals surface area contributed by atoms with Gasteiger partial charge in [0, 0.05) is 25.4 Å². The first-order chi connectivity index (χ1) is 17.8. The van der Waals surface area contributed by atoms with Crippen LogP contribution in [0.3, 0.4) is 0 Å². The Morgan fingerprint density at radius 1 is 0.919 bits per heavy atom. The molecule has 0 saturated carbocycles. The minimum absolute atomic E-state index is 0.234. The number of aryl methyl sites for hydroxylation is 3. The summed E-state index contributed by atoms with van der Waals surface area (Å²) < 4.78 is 5.01. The molecule has 0 bridgehead atoms. The number of rotatable bonds is 3. The lowest BCUT2D eigenvalue weighted by molar-refractivity contribution is 0.631. The van der Waals surface area contributed by atoms with E-state index in [0.29, 0.717) is 10.9 Å². The summed E-state index contributed by atoms with van der Waals surface area (Å²) in [7, 11) is 3.30. The van der Waals surface area contributed by atoms with Crippen molar-refractivity contribution in [2.45, 2.75) is 47.6 Å². The maximum Gasteiger partial charge on any atom is 0.331 e. The fourth-order valence-corrected chi connectivity index (χ4v) is 5.28. The molecule has 1 N–H and O–H groups in total. The first-order valence-corrected chi connectivity index (χ1v) is 12.8. The van der Waals surface area contributed by atoms with E-state index in [1.54, 1.807) is 18.7 Å². The van der Waals surface area contributed by atoms with Gasteiger partial charge >= 0.3 is 5.69 Å². The van der Waals surface area contributed by atoms with Gasteiger partial charge in [-0.05, 0) is 44.9 Å². The molecule has 0 fully saturated rings. The zero-order valence-electron chi connectivity index (χ0n) is 23.0. The van der Waals surface area contributed by atoms with Crippen molar-refractivity contribution in [2.24, 2.45) is 14.1 Å². The minimum Gasteiger partial charge on any atom is -0.375 e. The highest BCUT2D eigenvalue weighted by Gasteiger charge is 2.34. The lowest BCUT2D eigenvalue weighted by Crippen LogP contribution is -2.37. The van der Waals surface area contributed by atoms with Crippen LogP contribution < -0.4 is 16.6 Å². The van der Waals surface area contributed by atoms with E-state index in [1.165, 1.54) is 4.57 Å². The summed E-state index contributed by atoms with van der Waals surface area (Å²) in [6.07, 6.45) is 4.06. The number of fused-ring (bicyclic) bond motifs is 3. The minimum atomic E-state index is -0.339. The molecule has 3 heterocycles.